The molecule has 0 unspecified atom stereocenters. The van der Waals surface area contributed by atoms with Gasteiger partial charge in [0.2, 0.25) is 5.95 Å². The highest BCUT2D eigenvalue weighted by atomic mass is 35.5. The number of thioether (sulfide) groups is 1. The van der Waals surface area contributed by atoms with E-state index in [0.717, 1.165) is 23.7 Å². The van der Waals surface area contributed by atoms with Gasteiger partial charge in [-0.1, -0.05) is 23.9 Å². The van der Waals surface area contributed by atoms with Crippen LogP contribution >= 0.6 is 24.2 Å². The van der Waals surface area contributed by atoms with Crippen LogP contribution in [0.15, 0.2) is 60.0 Å². The van der Waals surface area contributed by atoms with Crippen LogP contribution in [-0.2, 0) is 5.54 Å². The number of carbonyl (C=O) groups excluding carboxylic acids is 1. The van der Waals surface area contributed by atoms with Crippen molar-refractivity contribution in [3.63, 3.8) is 0 Å². The largest absolute Gasteiger partial charge is 0.379 e. The summed E-state index contributed by atoms with van der Waals surface area (Å²) in [5.41, 5.74) is 7.57. The van der Waals surface area contributed by atoms with E-state index >= 15 is 0 Å². The van der Waals surface area contributed by atoms with Gasteiger partial charge in [-0.25, -0.2) is 24.3 Å². The van der Waals surface area contributed by atoms with Crippen molar-refractivity contribution in [3.8, 4) is 6.07 Å². The summed E-state index contributed by atoms with van der Waals surface area (Å²) in [5.74, 6) is 0.437. The molecule has 2 aliphatic rings. The second-order valence-corrected chi connectivity index (χ2v) is 9.08. The Labute approximate surface area is 211 Å². The Morgan fingerprint density at radius 3 is 2.74 bits per heavy atom. The molecule has 0 saturated carbocycles. The Morgan fingerprint density at radius 2 is 2.03 bits per heavy atom. The first-order chi connectivity index (χ1) is 16.5. The third-order valence-electron chi connectivity index (χ3n) is 5.93. The minimum absolute atomic E-state index is 0. The average molecular weight is 511 g/mol. The topological polar surface area (TPSA) is 133 Å². The van der Waals surface area contributed by atoms with Gasteiger partial charge in [-0.15, -0.1) is 12.4 Å². The molecule has 2 aliphatic heterocycles. The SMILES string of the molecule is Cl.N#Cc1ccc(C(=O)Nc2cccc([C@]34CN(c5ncc(F)cn5)C[C@H]3CSC(N)=N4)c2)nc1. The molecule has 178 valence electrons. The Hall–Kier alpha value is -3.75. The number of aromatic nitrogens is 3. The number of benzene rings is 1. The van der Waals surface area contributed by atoms with Crippen LogP contribution in [0.4, 0.5) is 16.0 Å². The number of fused-ring (bicyclic) bond motifs is 1. The van der Waals surface area contributed by atoms with Crippen LogP contribution in [-0.4, -0.2) is 44.9 Å². The number of hydrogen-bond acceptors (Lipinski definition) is 9. The summed E-state index contributed by atoms with van der Waals surface area (Å²) in [6.07, 6.45) is 3.66. The normalized spacial score (nSPS) is 20.7. The first-order valence-electron chi connectivity index (χ1n) is 10.5. The Morgan fingerprint density at radius 1 is 1.23 bits per heavy atom. The zero-order valence-electron chi connectivity index (χ0n) is 18.3. The predicted molar refractivity (Wildman–Crippen MR) is 134 cm³/mol. The van der Waals surface area contributed by atoms with Crippen molar-refractivity contribution in [1.29, 1.82) is 5.26 Å². The number of nitrogens with two attached hydrogens (primary N) is 1. The maximum Gasteiger partial charge on any atom is 0.274 e. The minimum atomic E-state index is -0.652. The first kappa shape index (κ1) is 24.4. The molecule has 12 heteroatoms. The Balaban J connectivity index is 0.00000289. The number of nitriles is 1. The van der Waals surface area contributed by atoms with E-state index in [2.05, 4.69) is 20.3 Å². The summed E-state index contributed by atoms with van der Waals surface area (Å²) < 4.78 is 13.3. The van der Waals surface area contributed by atoms with Crippen molar-refractivity contribution in [2.24, 2.45) is 16.6 Å². The molecule has 1 amide bonds. The monoisotopic (exact) mass is 510 g/mol. The van der Waals surface area contributed by atoms with Crippen molar-refractivity contribution in [1.82, 2.24) is 15.0 Å². The summed E-state index contributed by atoms with van der Waals surface area (Å²) in [5, 5.41) is 12.3. The molecule has 0 bridgehead atoms. The van der Waals surface area contributed by atoms with Gasteiger partial charge >= 0.3 is 0 Å². The highest BCUT2D eigenvalue weighted by molar-refractivity contribution is 8.13. The van der Waals surface area contributed by atoms with Crippen LogP contribution in [0, 0.1) is 23.1 Å². The number of anilines is 2. The fourth-order valence-electron chi connectivity index (χ4n) is 4.30. The van der Waals surface area contributed by atoms with Crippen molar-refractivity contribution in [3.05, 3.63) is 77.6 Å². The Kier molecular flexibility index (Phi) is 6.86. The lowest BCUT2D eigenvalue weighted by Crippen LogP contribution is -2.40. The molecule has 9 nitrogen and oxygen atoms in total. The number of rotatable bonds is 4. The van der Waals surface area contributed by atoms with Gasteiger partial charge in [0.1, 0.15) is 17.3 Å². The number of pyridine rings is 1. The standard InChI is InChI=1S/C23H19FN8OS.ClH/c24-17-9-28-22(29-10-17)32-11-16-12-34-21(26)31-23(16,13-32)15-2-1-3-18(6-15)30-20(33)19-5-4-14(7-25)8-27-19;/h1-6,8-10,16H,11-13H2,(H2,26,31)(H,30,33);1H/t16-,23+;/m0./s1. The molecule has 3 aromatic rings. The smallest absolute Gasteiger partial charge is 0.274 e. The van der Waals surface area contributed by atoms with Crippen LogP contribution in [0.2, 0.25) is 0 Å². The van der Waals surface area contributed by atoms with Crippen molar-refractivity contribution in [2.75, 3.05) is 29.1 Å². The summed E-state index contributed by atoms with van der Waals surface area (Å²) in [4.78, 5) is 31.8. The fraction of sp³-hybridized carbons (Fsp3) is 0.217. The summed E-state index contributed by atoms with van der Waals surface area (Å²) in [7, 11) is 0. The minimum Gasteiger partial charge on any atom is -0.379 e. The van der Waals surface area contributed by atoms with E-state index in [4.69, 9.17) is 16.0 Å². The maximum atomic E-state index is 13.3. The molecule has 1 aromatic carbocycles. The second-order valence-electron chi connectivity index (χ2n) is 8.04. The molecular formula is C23H20ClFN8OS. The Bertz CT molecular complexity index is 1310. The van der Waals surface area contributed by atoms with Gasteiger partial charge in [-0.3, -0.25) is 4.79 Å². The van der Waals surface area contributed by atoms with E-state index in [1.165, 1.54) is 24.0 Å². The van der Waals surface area contributed by atoms with Gasteiger partial charge in [0.15, 0.2) is 11.0 Å². The van der Waals surface area contributed by atoms with E-state index < -0.39 is 11.4 Å². The van der Waals surface area contributed by atoms with Crippen molar-refractivity contribution in [2.45, 2.75) is 5.54 Å². The molecule has 2 atom stereocenters. The quantitative estimate of drug-likeness (QED) is 0.547. The number of amidine groups is 1. The number of hydrogen-bond donors (Lipinski definition) is 2. The number of halogens is 2. The van der Waals surface area contributed by atoms with E-state index in [0.29, 0.717) is 35.5 Å². The highest BCUT2D eigenvalue weighted by Crippen LogP contribution is 2.46. The fourth-order valence-corrected chi connectivity index (χ4v) is 5.28. The number of carbonyl (C=O) groups is 1. The number of aliphatic imine (C=N–C) groups is 1. The molecule has 1 saturated heterocycles. The third-order valence-corrected chi connectivity index (χ3v) is 6.88. The molecule has 35 heavy (non-hydrogen) atoms. The molecule has 0 aliphatic carbocycles. The lowest BCUT2D eigenvalue weighted by molar-refractivity contribution is 0.102. The van der Waals surface area contributed by atoms with Gasteiger partial charge in [0.25, 0.3) is 5.91 Å². The molecule has 0 spiro atoms. The van der Waals surface area contributed by atoms with Crippen LogP contribution in [0.5, 0.6) is 0 Å². The summed E-state index contributed by atoms with van der Waals surface area (Å²) in [6, 6.07) is 12.5. The van der Waals surface area contributed by atoms with Crippen molar-refractivity contribution >= 4 is 46.9 Å². The van der Waals surface area contributed by atoms with Gasteiger partial charge in [-0.05, 0) is 29.8 Å². The van der Waals surface area contributed by atoms with Crippen LogP contribution in [0.3, 0.4) is 0 Å². The third kappa shape index (κ3) is 4.76. The highest BCUT2D eigenvalue weighted by Gasteiger charge is 2.50. The zero-order valence-corrected chi connectivity index (χ0v) is 19.9. The molecular weight excluding hydrogens is 491 g/mol. The van der Waals surface area contributed by atoms with Crippen LogP contribution < -0.4 is 16.0 Å². The van der Waals surface area contributed by atoms with Gasteiger partial charge in [0.05, 0.1) is 24.5 Å². The van der Waals surface area contributed by atoms with Gasteiger partial charge in [-0.2, -0.15) is 5.26 Å². The summed E-state index contributed by atoms with van der Waals surface area (Å²) in [6.45, 7) is 1.11. The first-order valence-corrected chi connectivity index (χ1v) is 11.4. The maximum absolute atomic E-state index is 13.3. The molecule has 2 aromatic heterocycles. The lowest BCUT2D eigenvalue weighted by atomic mass is 9.81. The van der Waals surface area contributed by atoms with Crippen LogP contribution in [0.25, 0.3) is 0 Å². The predicted octanol–water partition coefficient (Wildman–Crippen LogP) is 2.95. The number of nitrogens with one attached hydrogen (secondary N) is 1. The molecule has 5 rings (SSSR count). The van der Waals surface area contributed by atoms with E-state index in [1.54, 1.807) is 12.1 Å². The van der Waals surface area contributed by atoms with Crippen molar-refractivity contribution < 1.29 is 9.18 Å². The number of nitrogens with zero attached hydrogens (tertiary/aromatic N) is 6. The molecule has 3 N–H and O–H groups in total. The van der Waals surface area contributed by atoms with E-state index in [-0.39, 0.29) is 29.9 Å². The second kappa shape index (κ2) is 9.85. The van der Waals surface area contributed by atoms with E-state index in [9.17, 15) is 9.18 Å². The average Bonchev–Trinajstić information content (AvgIpc) is 3.24. The molecule has 4 heterocycles. The summed E-state index contributed by atoms with van der Waals surface area (Å²) >= 11 is 1.50. The zero-order chi connectivity index (χ0) is 23.7. The van der Waals surface area contributed by atoms with Gasteiger partial charge < -0.3 is 16.0 Å². The van der Waals surface area contributed by atoms with E-state index in [1.807, 2.05) is 29.2 Å². The molecule has 0 radical (unpaired) electrons. The lowest BCUT2D eigenvalue weighted by Gasteiger charge is -2.34. The number of amides is 1. The molecule has 1 fully saturated rings. The van der Waals surface area contributed by atoms with Gasteiger partial charge in [0, 0.05) is 30.1 Å². The van der Waals surface area contributed by atoms with Crippen LogP contribution in [0.1, 0.15) is 21.6 Å².